The van der Waals surface area contributed by atoms with E-state index in [2.05, 4.69) is 0 Å². The average molecular weight is 274 g/mol. The normalized spacial score (nSPS) is 47.5. The Balaban J connectivity index is 1.76. The van der Waals surface area contributed by atoms with Crippen LogP contribution in [0.15, 0.2) is 0 Å². The maximum atomic E-state index is 9.41. The molecule has 3 fully saturated rings. The van der Waals surface area contributed by atoms with Gasteiger partial charge >= 0.3 is 0 Å². The van der Waals surface area contributed by atoms with Gasteiger partial charge in [0.1, 0.15) is 30.5 Å². The summed E-state index contributed by atoms with van der Waals surface area (Å²) in [6.07, 6.45) is -1.32. The van der Waals surface area contributed by atoms with Crippen molar-refractivity contribution in [1.82, 2.24) is 0 Å². The summed E-state index contributed by atoms with van der Waals surface area (Å²) in [5, 5.41) is 9.41. The van der Waals surface area contributed by atoms with Gasteiger partial charge in [-0.25, -0.2) is 0 Å². The van der Waals surface area contributed by atoms with Crippen molar-refractivity contribution in [2.45, 2.75) is 69.8 Å². The molecule has 0 aromatic heterocycles. The van der Waals surface area contributed by atoms with Gasteiger partial charge in [-0.2, -0.15) is 0 Å². The molecular weight excluding hydrogens is 252 g/mol. The minimum absolute atomic E-state index is 0.0892. The van der Waals surface area contributed by atoms with Crippen LogP contribution in [0.4, 0.5) is 0 Å². The van der Waals surface area contributed by atoms with Crippen LogP contribution in [0.2, 0.25) is 0 Å². The Labute approximate surface area is 112 Å². The lowest BCUT2D eigenvalue weighted by Gasteiger charge is -2.26. The molecule has 3 heterocycles. The third-order valence-electron chi connectivity index (χ3n) is 3.76. The van der Waals surface area contributed by atoms with Gasteiger partial charge in [0, 0.05) is 0 Å². The van der Waals surface area contributed by atoms with E-state index in [0.717, 1.165) is 0 Å². The number of rotatable bonds is 2. The highest BCUT2D eigenvalue weighted by molar-refractivity contribution is 5.01. The Morgan fingerprint density at radius 1 is 0.947 bits per heavy atom. The molecule has 5 atom stereocenters. The Bertz CT molecular complexity index is 355. The van der Waals surface area contributed by atoms with Crippen LogP contribution in [0.1, 0.15) is 27.7 Å². The summed E-state index contributed by atoms with van der Waals surface area (Å²) in [5.74, 6) is -1.25. The largest absolute Gasteiger partial charge is 0.394 e. The van der Waals surface area contributed by atoms with Crippen molar-refractivity contribution in [2.75, 3.05) is 13.2 Å². The minimum atomic E-state index is -0.653. The zero-order valence-electron chi connectivity index (χ0n) is 11.8. The van der Waals surface area contributed by atoms with Crippen LogP contribution in [-0.2, 0) is 23.7 Å². The molecule has 0 aromatic rings. The Hall–Kier alpha value is -0.240. The summed E-state index contributed by atoms with van der Waals surface area (Å²) in [6, 6.07) is 0. The molecule has 0 unspecified atom stereocenters. The van der Waals surface area contributed by atoms with E-state index < -0.39 is 11.6 Å². The summed E-state index contributed by atoms with van der Waals surface area (Å²) < 4.78 is 29.0. The van der Waals surface area contributed by atoms with Crippen molar-refractivity contribution in [2.24, 2.45) is 0 Å². The highest BCUT2D eigenvalue weighted by Crippen LogP contribution is 2.41. The van der Waals surface area contributed by atoms with Crippen LogP contribution in [-0.4, -0.2) is 60.4 Å². The monoisotopic (exact) mass is 274 g/mol. The zero-order chi connectivity index (χ0) is 13.8. The molecule has 110 valence electrons. The number of aliphatic hydroxyl groups excluding tert-OH is 1. The maximum absolute atomic E-state index is 9.41. The van der Waals surface area contributed by atoms with Gasteiger partial charge in [-0.1, -0.05) is 0 Å². The molecule has 1 N–H and O–H groups in total. The molecule has 6 heteroatoms. The fraction of sp³-hybridized carbons (Fsp3) is 1.00. The third-order valence-corrected chi connectivity index (χ3v) is 3.76. The SMILES string of the molecule is CC1(C)O[C@@H]2[C@H](O1)[C@@H](CO)O[C@@H]2[C@H]1COC(C)(C)O1. The summed E-state index contributed by atoms with van der Waals surface area (Å²) in [4.78, 5) is 0. The van der Waals surface area contributed by atoms with Crippen molar-refractivity contribution >= 4 is 0 Å². The number of aliphatic hydroxyl groups is 1. The maximum Gasteiger partial charge on any atom is 0.164 e. The van der Waals surface area contributed by atoms with E-state index in [1.807, 2.05) is 27.7 Å². The number of fused-ring (bicyclic) bond motifs is 1. The van der Waals surface area contributed by atoms with Gasteiger partial charge < -0.3 is 28.8 Å². The molecule has 6 nitrogen and oxygen atoms in total. The molecule has 0 bridgehead atoms. The van der Waals surface area contributed by atoms with Crippen LogP contribution in [0, 0.1) is 0 Å². The van der Waals surface area contributed by atoms with Crippen molar-refractivity contribution in [3.8, 4) is 0 Å². The van der Waals surface area contributed by atoms with Crippen molar-refractivity contribution in [3.05, 3.63) is 0 Å². The summed E-state index contributed by atoms with van der Waals surface area (Å²) in [6.45, 7) is 7.86. The number of ether oxygens (including phenoxy) is 5. The summed E-state index contributed by atoms with van der Waals surface area (Å²) >= 11 is 0. The fourth-order valence-electron chi connectivity index (χ4n) is 3.04. The van der Waals surface area contributed by atoms with Gasteiger partial charge in [-0.15, -0.1) is 0 Å². The van der Waals surface area contributed by atoms with E-state index >= 15 is 0 Å². The standard InChI is InChI=1S/C13H22O6/c1-12(2)15-6-8(17-12)9-11-10(7(5-14)16-9)18-13(3,4)19-11/h7-11,14H,5-6H2,1-4H3/t7-,8-,9-,10-,11+/m1/s1. The molecular formula is C13H22O6. The molecule has 0 spiro atoms. The highest BCUT2D eigenvalue weighted by atomic mass is 16.8. The van der Waals surface area contributed by atoms with Crippen LogP contribution in [0.25, 0.3) is 0 Å². The minimum Gasteiger partial charge on any atom is -0.394 e. The van der Waals surface area contributed by atoms with E-state index in [1.165, 1.54) is 0 Å². The summed E-state index contributed by atoms with van der Waals surface area (Å²) in [7, 11) is 0. The molecule has 3 aliphatic rings. The quantitative estimate of drug-likeness (QED) is 0.787. The van der Waals surface area contributed by atoms with Gasteiger partial charge in [0.2, 0.25) is 0 Å². The first-order chi connectivity index (χ1) is 8.81. The van der Waals surface area contributed by atoms with E-state index in [1.54, 1.807) is 0 Å². The predicted molar refractivity (Wildman–Crippen MR) is 64.5 cm³/mol. The second kappa shape index (κ2) is 4.38. The lowest BCUT2D eigenvalue weighted by Crippen LogP contribution is -2.40. The van der Waals surface area contributed by atoms with Crippen molar-refractivity contribution in [3.63, 3.8) is 0 Å². The third kappa shape index (κ3) is 2.41. The topological polar surface area (TPSA) is 66.4 Å². The first-order valence-corrected chi connectivity index (χ1v) is 6.75. The van der Waals surface area contributed by atoms with Gasteiger partial charge in [-0.3, -0.25) is 0 Å². The predicted octanol–water partition coefficient (Wildman–Crippen LogP) is 0.418. The lowest BCUT2D eigenvalue weighted by molar-refractivity contribution is -0.209. The molecule has 0 amide bonds. The van der Waals surface area contributed by atoms with E-state index in [-0.39, 0.29) is 37.1 Å². The Morgan fingerprint density at radius 2 is 1.63 bits per heavy atom. The summed E-state index contributed by atoms with van der Waals surface area (Å²) in [5.41, 5.74) is 0. The van der Waals surface area contributed by atoms with Gasteiger partial charge in [0.25, 0.3) is 0 Å². The van der Waals surface area contributed by atoms with Gasteiger partial charge in [-0.05, 0) is 27.7 Å². The van der Waals surface area contributed by atoms with E-state index in [0.29, 0.717) is 6.61 Å². The first-order valence-electron chi connectivity index (χ1n) is 6.75. The van der Waals surface area contributed by atoms with Gasteiger partial charge in [0.05, 0.1) is 13.2 Å². The highest BCUT2D eigenvalue weighted by Gasteiger charge is 2.58. The molecule has 0 saturated carbocycles. The molecule has 3 rings (SSSR count). The second-order valence-corrected chi connectivity index (χ2v) is 6.25. The van der Waals surface area contributed by atoms with Crippen molar-refractivity contribution in [1.29, 1.82) is 0 Å². The lowest BCUT2D eigenvalue weighted by atomic mass is 10.0. The van der Waals surface area contributed by atoms with E-state index in [9.17, 15) is 5.11 Å². The smallest absolute Gasteiger partial charge is 0.164 e. The average Bonchev–Trinajstić information content (AvgIpc) is 2.89. The van der Waals surface area contributed by atoms with E-state index in [4.69, 9.17) is 23.7 Å². The number of hydrogen-bond donors (Lipinski definition) is 1. The molecule has 3 aliphatic heterocycles. The number of hydrogen-bond acceptors (Lipinski definition) is 6. The second-order valence-electron chi connectivity index (χ2n) is 6.25. The van der Waals surface area contributed by atoms with Crippen LogP contribution in [0.5, 0.6) is 0 Å². The molecule has 0 aliphatic carbocycles. The molecule has 19 heavy (non-hydrogen) atoms. The Kier molecular flexibility index (Phi) is 3.16. The molecule has 3 saturated heterocycles. The molecule has 0 radical (unpaired) electrons. The zero-order valence-corrected chi connectivity index (χ0v) is 11.8. The van der Waals surface area contributed by atoms with Crippen LogP contribution >= 0.6 is 0 Å². The Morgan fingerprint density at radius 3 is 2.21 bits per heavy atom. The van der Waals surface area contributed by atoms with Gasteiger partial charge in [0.15, 0.2) is 11.6 Å². The van der Waals surface area contributed by atoms with Crippen LogP contribution < -0.4 is 0 Å². The van der Waals surface area contributed by atoms with Crippen LogP contribution in [0.3, 0.4) is 0 Å². The first kappa shape index (κ1) is 13.7. The molecule has 0 aromatic carbocycles. The fourth-order valence-corrected chi connectivity index (χ4v) is 3.04. The van der Waals surface area contributed by atoms with Crippen molar-refractivity contribution < 1.29 is 28.8 Å².